The standard InChI is InChI=1S/C16H16FN3O2/c17-13-6-7-15(18-10-13)19-16(21)20-8-9-22-11-14(20)12-4-2-1-3-5-12/h1-7,10,14H,8-9,11H2,(H,18,19,21). The molecule has 2 heterocycles. The Morgan fingerprint density at radius 1 is 1.27 bits per heavy atom. The molecule has 22 heavy (non-hydrogen) atoms. The number of pyridine rings is 1. The second-order valence-electron chi connectivity index (χ2n) is 4.99. The second-order valence-corrected chi connectivity index (χ2v) is 4.99. The van der Waals surface area contributed by atoms with Crippen molar-refractivity contribution in [1.29, 1.82) is 0 Å². The van der Waals surface area contributed by atoms with E-state index in [0.29, 0.717) is 25.6 Å². The molecular weight excluding hydrogens is 285 g/mol. The zero-order chi connectivity index (χ0) is 15.4. The summed E-state index contributed by atoms with van der Waals surface area (Å²) in [5.74, 6) is -0.115. The number of aromatic nitrogens is 1. The molecule has 3 rings (SSSR count). The van der Waals surface area contributed by atoms with Crippen molar-refractivity contribution in [2.45, 2.75) is 6.04 Å². The van der Waals surface area contributed by atoms with Crippen LogP contribution in [-0.4, -0.2) is 35.7 Å². The van der Waals surface area contributed by atoms with Gasteiger partial charge in [0.05, 0.1) is 25.5 Å². The molecule has 0 radical (unpaired) electrons. The van der Waals surface area contributed by atoms with Crippen LogP contribution >= 0.6 is 0 Å². The van der Waals surface area contributed by atoms with E-state index in [4.69, 9.17) is 4.74 Å². The van der Waals surface area contributed by atoms with Crippen molar-refractivity contribution in [3.63, 3.8) is 0 Å². The lowest BCUT2D eigenvalue weighted by Crippen LogP contribution is -2.45. The Hall–Kier alpha value is -2.47. The summed E-state index contributed by atoms with van der Waals surface area (Å²) >= 11 is 0. The van der Waals surface area contributed by atoms with Gasteiger partial charge in [-0.1, -0.05) is 30.3 Å². The van der Waals surface area contributed by atoms with Gasteiger partial charge in [-0.2, -0.15) is 0 Å². The molecule has 0 spiro atoms. The van der Waals surface area contributed by atoms with Crippen LogP contribution in [0.4, 0.5) is 15.0 Å². The highest BCUT2D eigenvalue weighted by atomic mass is 19.1. The van der Waals surface area contributed by atoms with Crippen LogP contribution < -0.4 is 5.32 Å². The Labute approximate surface area is 127 Å². The van der Waals surface area contributed by atoms with Gasteiger partial charge in [-0.25, -0.2) is 14.2 Å². The van der Waals surface area contributed by atoms with Crippen LogP contribution in [0.5, 0.6) is 0 Å². The number of hydrogen-bond donors (Lipinski definition) is 1. The number of ether oxygens (including phenoxy) is 1. The number of anilines is 1. The monoisotopic (exact) mass is 301 g/mol. The van der Waals surface area contributed by atoms with Crippen LogP contribution in [-0.2, 0) is 4.74 Å². The second kappa shape index (κ2) is 6.53. The third-order valence-electron chi connectivity index (χ3n) is 3.54. The molecular formula is C16H16FN3O2. The minimum atomic E-state index is -0.438. The van der Waals surface area contributed by atoms with Crippen LogP contribution in [0, 0.1) is 5.82 Å². The highest BCUT2D eigenvalue weighted by Crippen LogP contribution is 2.24. The van der Waals surface area contributed by atoms with E-state index in [1.54, 1.807) is 4.90 Å². The number of benzene rings is 1. The molecule has 1 aromatic carbocycles. The van der Waals surface area contributed by atoms with E-state index in [2.05, 4.69) is 10.3 Å². The van der Waals surface area contributed by atoms with Gasteiger partial charge in [-0.3, -0.25) is 5.32 Å². The van der Waals surface area contributed by atoms with Gasteiger partial charge in [0.25, 0.3) is 0 Å². The molecule has 1 atom stereocenters. The Balaban J connectivity index is 1.75. The average molecular weight is 301 g/mol. The third kappa shape index (κ3) is 3.23. The highest BCUT2D eigenvalue weighted by molar-refractivity contribution is 5.88. The van der Waals surface area contributed by atoms with E-state index in [-0.39, 0.29) is 12.1 Å². The number of nitrogens with one attached hydrogen (secondary N) is 1. The van der Waals surface area contributed by atoms with Gasteiger partial charge >= 0.3 is 6.03 Å². The maximum atomic E-state index is 12.9. The van der Waals surface area contributed by atoms with Gasteiger partial charge in [0.15, 0.2) is 0 Å². The summed E-state index contributed by atoms with van der Waals surface area (Å²) < 4.78 is 18.4. The first-order valence-electron chi connectivity index (χ1n) is 7.06. The SMILES string of the molecule is O=C(Nc1ccc(F)cn1)N1CCOCC1c1ccccc1. The fourth-order valence-electron chi connectivity index (χ4n) is 2.43. The van der Waals surface area contributed by atoms with Gasteiger partial charge in [-0.05, 0) is 17.7 Å². The topological polar surface area (TPSA) is 54.5 Å². The fourth-order valence-corrected chi connectivity index (χ4v) is 2.43. The van der Waals surface area contributed by atoms with Crippen molar-refractivity contribution >= 4 is 11.8 Å². The van der Waals surface area contributed by atoms with Crippen LogP contribution in [0.25, 0.3) is 0 Å². The van der Waals surface area contributed by atoms with E-state index >= 15 is 0 Å². The van der Waals surface area contributed by atoms with Crippen LogP contribution in [0.1, 0.15) is 11.6 Å². The number of hydrogen-bond acceptors (Lipinski definition) is 3. The molecule has 1 aromatic heterocycles. The zero-order valence-electron chi connectivity index (χ0n) is 11.9. The van der Waals surface area contributed by atoms with Gasteiger partial charge < -0.3 is 9.64 Å². The van der Waals surface area contributed by atoms with Crippen molar-refractivity contribution in [2.24, 2.45) is 0 Å². The third-order valence-corrected chi connectivity index (χ3v) is 3.54. The van der Waals surface area contributed by atoms with E-state index in [9.17, 15) is 9.18 Å². The Morgan fingerprint density at radius 3 is 2.82 bits per heavy atom. The molecule has 2 aromatic rings. The average Bonchev–Trinajstić information content (AvgIpc) is 2.58. The number of urea groups is 1. The summed E-state index contributed by atoms with van der Waals surface area (Å²) in [4.78, 5) is 18.0. The Kier molecular flexibility index (Phi) is 4.29. The molecule has 2 amide bonds. The number of carbonyl (C=O) groups excluding carboxylic acids is 1. The number of rotatable bonds is 2. The lowest BCUT2D eigenvalue weighted by atomic mass is 10.1. The summed E-state index contributed by atoms with van der Waals surface area (Å²) in [5, 5.41) is 2.69. The smallest absolute Gasteiger partial charge is 0.323 e. The maximum Gasteiger partial charge on any atom is 0.323 e. The summed E-state index contributed by atoms with van der Waals surface area (Å²) in [6.07, 6.45) is 1.07. The maximum absolute atomic E-state index is 12.9. The van der Waals surface area contributed by atoms with Crippen molar-refractivity contribution in [3.05, 3.63) is 60.0 Å². The molecule has 0 saturated carbocycles. The molecule has 1 saturated heterocycles. The summed E-state index contributed by atoms with van der Waals surface area (Å²) in [6.45, 7) is 1.44. The molecule has 0 aliphatic carbocycles. The first-order chi connectivity index (χ1) is 10.7. The molecule has 5 nitrogen and oxygen atoms in total. The molecule has 0 bridgehead atoms. The molecule has 1 aliphatic rings. The molecule has 1 N–H and O–H groups in total. The van der Waals surface area contributed by atoms with Crippen molar-refractivity contribution in [2.75, 3.05) is 25.1 Å². The summed E-state index contributed by atoms with van der Waals surface area (Å²) in [5.41, 5.74) is 1.02. The van der Waals surface area contributed by atoms with E-state index < -0.39 is 5.82 Å². The summed E-state index contributed by atoms with van der Waals surface area (Å²) in [7, 11) is 0. The first-order valence-corrected chi connectivity index (χ1v) is 7.06. The van der Waals surface area contributed by atoms with E-state index in [0.717, 1.165) is 11.8 Å². The number of halogens is 1. The van der Waals surface area contributed by atoms with Crippen LogP contribution in [0.3, 0.4) is 0 Å². The lowest BCUT2D eigenvalue weighted by molar-refractivity contribution is 0.0147. The number of amides is 2. The molecule has 1 unspecified atom stereocenters. The normalized spacial score (nSPS) is 18.0. The zero-order valence-corrected chi connectivity index (χ0v) is 11.9. The lowest BCUT2D eigenvalue weighted by Gasteiger charge is -2.35. The van der Waals surface area contributed by atoms with Gasteiger partial charge in [-0.15, -0.1) is 0 Å². The van der Waals surface area contributed by atoms with Gasteiger partial charge in [0.2, 0.25) is 0 Å². The first kappa shape index (κ1) is 14.5. The van der Waals surface area contributed by atoms with E-state index in [1.807, 2.05) is 30.3 Å². The van der Waals surface area contributed by atoms with Crippen LogP contribution in [0.15, 0.2) is 48.7 Å². The minimum Gasteiger partial charge on any atom is -0.377 e. The minimum absolute atomic E-state index is 0.143. The molecule has 6 heteroatoms. The Bertz CT molecular complexity index is 634. The Morgan fingerprint density at radius 2 is 2.09 bits per heavy atom. The van der Waals surface area contributed by atoms with Crippen molar-refractivity contribution in [3.8, 4) is 0 Å². The largest absolute Gasteiger partial charge is 0.377 e. The van der Waals surface area contributed by atoms with Crippen molar-refractivity contribution < 1.29 is 13.9 Å². The predicted molar refractivity (Wildman–Crippen MR) is 79.9 cm³/mol. The van der Waals surface area contributed by atoms with Gasteiger partial charge in [0.1, 0.15) is 11.6 Å². The number of nitrogens with zero attached hydrogens (tertiary/aromatic N) is 2. The van der Waals surface area contributed by atoms with Crippen LogP contribution in [0.2, 0.25) is 0 Å². The highest BCUT2D eigenvalue weighted by Gasteiger charge is 2.28. The molecule has 114 valence electrons. The van der Waals surface area contributed by atoms with E-state index in [1.165, 1.54) is 12.1 Å². The molecule has 1 fully saturated rings. The number of morpholine rings is 1. The van der Waals surface area contributed by atoms with Crippen molar-refractivity contribution in [1.82, 2.24) is 9.88 Å². The quantitative estimate of drug-likeness (QED) is 0.928. The number of carbonyl (C=O) groups is 1. The predicted octanol–water partition coefficient (Wildman–Crippen LogP) is 2.83. The van der Waals surface area contributed by atoms with Gasteiger partial charge in [0, 0.05) is 6.54 Å². The summed E-state index contributed by atoms with van der Waals surface area (Å²) in [6, 6.07) is 12.0. The fraction of sp³-hybridized carbons (Fsp3) is 0.250. The molecule has 1 aliphatic heterocycles.